The summed E-state index contributed by atoms with van der Waals surface area (Å²) in [7, 11) is 1.55. The van der Waals surface area contributed by atoms with E-state index in [2.05, 4.69) is 5.32 Å². The van der Waals surface area contributed by atoms with Crippen molar-refractivity contribution in [1.82, 2.24) is 10.2 Å². The highest BCUT2D eigenvalue weighted by Gasteiger charge is 2.10. The van der Waals surface area contributed by atoms with Crippen LogP contribution in [0.5, 0.6) is 0 Å². The third-order valence-electron chi connectivity index (χ3n) is 1.48. The zero-order valence-corrected chi connectivity index (χ0v) is 8.33. The molecular formula is C8H17N3O2. The van der Waals surface area contributed by atoms with Crippen molar-refractivity contribution in [3.8, 4) is 0 Å². The van der Waals surface area contributed by atoms with Gasteiger partial charge in [0.05, 0.1) is 13.1 Å². The van der Waals surface area contributed by atoms with Crippen LogP contribution in [0.25, 0.3) is 0 Å². The number of hydrogen-bond donors (Lipinski definition) is 2. The quantitative estimate of drug-likeness (QED) is 0.575. The zero-order valence-electron chi connectivity index (χ0n) is 8.33. The molecule has 0 aliphatic carbocycles. The second-order valence-electron chi connectivity index (χ2n) is 3.25. The molecule has 5 heteroatoms. The molecule has 0 saturated carbocycles. The number of primary amides is 1. The van der Waals surface area contributed by atoms with Gasteiger partial charge < -0.3 is 16.0 Å². The second-order valence-corrected chi connectivity index (χ2v) is 3.25. The molecule has 76 valence electrons. The molecule has 0 aromatic heterocycles. The van der Waals surface area contributed by atoms with Crippen LogP contribution in [0.4, 0.5) is 0 Å². The third-order valence-corrected chi connectivity index (χ3v) is 1.48. The monoisotopic (exact) mass is 187 g/mol. The number of nitrogens with zero attached hydrogens (tertiary/aromatic N) is 1. The van der Waals surface area contributed by atoms with E-state index in [9.17, 15) is 9.59 Å². The molecular weight excluding hydrogens is 170 g/mol. The van der Waals surface area contributed by atoms with Crippen molar-refractivity contribution in [2.45, 2.75) is 19.9 Å². The van der Waals surface area contributed by atoms with Crippen LogP contribution in [0.1, 0.15) is 13.8 Å². The third kappa shape index (κ3) is 6.10. The molecule has 0 aromatic carbocycles. The molecule has 0 rings (SSSR count). The van der Waals surface area contributed by atoms with Crippen LogP contribution in [-0.2, 0) is 9.59 Å². The molecule has 0 fully saturated rings. The lowest BCUT2D eigenvalue weighted by Gasteiger charge is -2.16. The average Bonchev–Trinajstić information content (AvgIpc) is 1.98. The van der Waals surface area contributed by atoms with E-state index in [1.807, 2.05) is 13.8 Å². The maximum Gasteiger partial charge on any atom is 0.237 e. The Balaban J connectivity index is 3.76. The molecule has 0 saturated heterocycles. The predicted octanol–water partition coefficient (Wildman–Crippen LogP) is -1.07. The van der Waals surface area contributed by atoms with Crippen molar-refractivity contribution < 1.29 is 9.59 Å². The fourth-order valence-corrected chi connectivity index (χ4v) is 0.748. The van der Waals surface area contributed by atoms with Crippen LogP contribution in [0.15, 0.2) is 0 Å². The number of hydrogen-bond acceptors (Lipinski definition) is 3. The minimum atomic E-state index is -0.500. The Morgan fingerprint density at radius 3 is 2.38 bits per heavy atom. The normalized spacial score (nSPS) is 10.2. The first kappa shape index (κ1) is 11.9. The van der Waals surface area contributed by atoms with E-state index in [4.69, 9.17) is 5.73 Å². The summed E-state index contributed by atoms with van der Waals surface area (Å²) in [6.45, 7) is 4.10. The number of nitrogens with one attached hydrogen (secondary N) is 1. The molecule has 0 bridgehead atoms. The van der Waals surface area contributed by atoms with Gasteiger partial charge in [-0.15, -0.1) is 0 Å². The fraction of sp³-hybridized carbons (Fsp3) is 0.750. The van der Waals surface area contributed by atoms with Gasteiger partial charge in [-0.1, -0.05) is 13.8 Å². The van der Waals surface area contributed by atoms with Gasteiger partial charge in [0.1, 0.15) is 0 Å². The van der Waals surface area contributed by atoms with Crippen LogP contribution in [0.3, 0.4) is 0 Å². The molecule has 3 N–H and O–H groups in total. The molecule has 0 aliphatic heterocycles. The van der Waals surface area contributed by atoms with Gasteiger partial charge >= 0.3 is 0 Å². The highest BCUT2D eigenvalue weighted by molar-refractivity contribution is 5.84. The summed E-state index contributed by atoms with van der Waals surface area (Å²) in [6, 6.07) is 0.255. The summed E-state index contributed by atoms with van der Waals surface area (Å²) in [5, 5.41) is 2.96. The second kappa shape index (κ2) is 5.53. The van der Waals surface area contributed by atoms with Crippen molar-refractivity contribution in [3.05, 3.63) is 0 Å². The predicted molar refractivity (Wildman–Crippen MR) is 50.0 cm³/mol. The van der Waals surface area contributed by atoms with Crippen LogP contribution in [-0.4, -0.2) is 42.9 Å². The first-order valence-corrected chi connectivity index (χ1v) is 4.19. The standard InChI is InChI=1S/C8H17N3O2/c1-6(2)10-4-8(13)11(3)5-7(9)12/h6,10H,4-5H2,1-3H3,(H2,9,12). The van der Waals surface area contributed by atoms with Crippen molar-refractivity contribution in [1.29, 1.82) is 0 Å². The summed E-state index contributed by atoms with van der Waals surface area (Å²) >= 11 is 0. The number of rotatable bonds is 5. The number of carbonyl (C=O) groups is 2. The summed E-state index contributed by atoms with van der Waals surface area (Å²) in [4.78, 5) is 23.0. The Hall–Kier alpha value is -1.10. The lowest BCUT2D eigenvalue weighted by atomic mass is 10.4. The Morgan fingerprint density at radius 1 is 1.46 bits per heavy atom. The highest BCUT2D eigenvalue weighted by Crippen LogP contribution is 1.84. The maximum absolute atomic E-state index is 11.2. The number of amides is 2. The minimum Gasteiger partial charge on any atom is -0.368 e. The molecule has 0 aliphatic rings. The smallest absolute Gasteiger partial charge is 0.237 e. The lowest BCUT2D eigenvalue weighted by Crippen LogP contribution is -2.41. The first-order chi connectivity index (χ1) is 5.93. The number of carbonyl (C=O) groups excluding carboxylic acids is 2. The summed E-state index contributed by atoms with van der Waals surface area (Å²) in [6.07, 6.45) is 0. The van der Waals surface area contributed by atoms with Gasteiger partial charge in [-0.05, 0) is 0 Å². The van der Waals surface area contributed by atoms with Crippen molar-refractivity contribution in [3.63, 3.8) is 0 Å². The van der Waals surface area contributed by atoms with Crippen LogP contribution >= 0.6 is 0 Å². The molecule has 2 amide bonds. The lowest BCUT2D eigenvalue weighted by molar-refractivity contribution is -0.133. The van der Waals surface area contributed by atoms with Gasteiger partial charge in [-0.3, -0.25) is 9.59 Å². The zero-order chi connectivity index (χ0) is 10.4. The van der Waals surface area contributed by atoms with Gasteiger partial charge in [-0.2, -0.15) is 0 Å². The Labute approximate surface area is 78.3 Å². The topological polar surface area (TPSA) is 75.4 Å². The van der Waals surface area contributed by atoms with Crippen molar-refractivity contribution >= 4 is 11.8 Å². The van der Waals surface area contributed by atoms with Gasteiger partial charge in [-0.25, -0.2) is 0 Å². The molecule has 0 unspecified atom stereocenters. The van der Waals surface area contributed by atoms with Crippen molar-refractivity contribution in [2.75, 3.05) is 20.1 Å². The van der Waals surface area contributed by atoms with E-state index in [0.717, 1.165) is 0 Å². The molecule has 0 radical (unpaired) electrons. The molecule has 13 heavy (non-hydrogen) atoms. The molecule has 0 heterocycles. The number of likely N-dealkylation sites (N-methyl/N-ethyl adjacent to an activating group) is 1. The van der Waals surface area contributed by atoms with Crippen molar-refractivity contribution in [2.24, 2.45) is 5.73 Å². The summed E-state index contributed by atoms with van der Waals surface area (Å²) < 4.78 is 0. The largest absolute Gasteiger partial charge is 0.368 e. The van der Waals surface area contributed by atoms with Crippen LogP contribution < -0.4 is 11.1 Å². The van der Waals surface area contributed by atoms with Gasteiger partial charge in [0.25, 0.3) is 0 Å². The van der Waals surface area contributed by atoms with Gasteiger partial charge in [0, 0.05) is 13.1 Å². The average molecular weight is 187 g/mol. The van der Waals surface area contributed by atoms with E-state index in [1.165, 1.54) is 4.90 Å². The Kier molecular flexibility index (Phi) is 5.06. The molecule has 5 nitrogen and oxygen atoms in total. The highest BCUT2D eigenvalue weighted by atomic mass is 16.2. The Bertz CT molecular complexity index is 192. The minimum absolute atomic E-state index is 0.0292. The number of nitrogens with two attached hydrogens (primary N) is 1. The Morgan fingerprint density at radius 2 is 2.00 bits per heavy atom. The van der Waals surface area contributed by atoms with Gasteiger partial charge in [0.2, 0.25) is 11.8 Å². The molecule has 0 aromatic rings. The van der Waals surface area contributed by atoms with Crippen LogP contribution in [0.2, 0.25) is 0 Å². The van der Waals surface area contributed by atoms with E-state index in [1.54, 1.807) is 7.05 Å². The summed E-state index contributed by atoms with van der Waals surface area (Å²) in [5.74, 6) is -0.632. The molecule has 0 spiro atoms. The molecule has 0 atom stereocenters. The van der Waals surface area contributed by atoms with E-state index in [-0.39, 0.29) is 25.0 Å². The van der Waals surface area contributed by atoms with Crippen LogP contribution in [0, 0.1) is 0 Å². The van der Waals surface area contributed by atoms with E-state index < -0.39 is 5.91 Å². The SMILES string of the molecule is CC(C)NCC(=O)N(C)CC(N)=O. The maximum atomic E-state index is 11.2. The fourth-order valence-electron chi connectivity index (χ4n) is 0.748. The van der Waals surface area contributed by atoms with E-state index in [0.29, 0.717) is 0 Å². The summed E-state index contributed by atoms with van der Waals surface area (Å²) in [5.41, 5.74) is 4.93. The van der Waals surface area contributed by atoms with Gasteiger partial charge in [0.15, 0.2) is 0 Å². The van der Waals surface area contributed by atoms with E-state index >= 15 is 0 Å². The first-order valence-electron chi connectivity index (χ1n) is 4.19.